The number of hydroxylamine groups is 2. The van der Waals surface area contributed by atoms with Crippen molar-refractivity contribution in [3.8, 4) is 0 Å². The largest absolute Gasteiger partial charge is 0.544 e. The maximum Gasteiger partial charge on any atom is 0.544 e. The highest BCUT2D eigenvalue weighted by atomic mass is 19.4. The Hall–Kier alpha value is -1.24. The van der Waals surface area contributed by atoms with E-state index in [9.17, 15) is 18.0 Å². The van der Waals surface area contributed by atoms with Crippen molar-refractivity contribution >= 4 is 5.91 Å². The Morgan fingerprint density at radius 3 is 2.75 bits per heavy atom. The molecule has 7 heteroatoms. The topological polar surface area (TPSA) is 41.6 Å². The molecule has 1 heterocycles. The number of alkyl halides is 3. The van der Waals surface area contributed by atoms with Crippen molar-refractivity contribution in [3.05, 3.63) is 12.4 Å². The molecule has 0 saturated carbocycles. The summed E-state index contributed by atoms with van der Waals surface area (Å²) in [6.07, 6.45) is -2.71. The summed E-state index contributed by atoms with van der Waals surface area (Å²) in [6.45, 7) is -0.462. The molecule has 1 aliphatic rings. The summed E-state index contributed by atoms with van der Waals surface area (Å²) in [7, 11) is 0. The lowest BCUT2D eigenvalue weighted by Gasteiger charge is -2.22. The zero-order valence-corrected chi connectivity index (χ0v) is 5.76. The minimum atomic E-state index is -4.76. The van der Waals surface area contributed by atoms with E-state index in [2.05, 4.69) is 10.2 Å². The molecule has 0 saturated heterocycles. The molecule has 0 atom stereocenters. The number of nitrogens with one attached hydrogen (secondary N) is 1. The van der Waals surface area contributed by atoms with Gasteiger partial charge in [-0.05, 0) is 0 Å². The molecule has 0 aliphatic carbocycles. The van der Waals surface area contributed by atoms with Crippen molar-refractivity contribution in [3.63, 3.8) is 0 Å². The fourth-order valence-corrected chi connectivity index (χ4v) is 0.649. The number of nitrogens with zero attached hydrogens (tertiary/aromatic N) is 1. The van der Waals surface area contributed by atoms with Crippen molar-refractivity contribution in [2.24, 2.45) is 0 Å². The van der Waals surface area contributed by atoms with E-state index in [0.29, 0.717) is 5.06 Å². The van der Waals surface area contributed by atoms with E-state index in [0.717, 1.165) is 12.4 Å². The van der Waals surface area contributed by atoms with E-state index in [1.807, 2.05) is 0 Å². The molecule has 0 unspecified atom stereocenters. The summed E-state index contributed by atoms with van der Waals surface area (Å²) in [5, 5.41) is 2.59. The summed E-state index contributed by atoms with van der Waals surface area (Å²) in [6, 6.07) is 0. The molecule has 0 bridgehead atoms. The number of hydrogen-bond donors (Lipinski definition) is 1. The van der Waals surface area contributed by atoms with E-state index in [1.54, 1.807) is 0 Å². The average Bonchev–Trinajstić information content (AvgIpc) is 1.82. The van der Waals surface area contributed by atoms with Gasteiger partial charge in [0.25, 0.3) is 0 Å². The highest BCUT2D eigenvalue weighted by Crippen LogP contribution is 2.18. The molecule has 1 rings (SSSR count). The maximum absolute atomic E-state index is 11.5. The van der Waals surface area contributed by atoms with E-state index in [-0.39, 0.29) is 0 Å². The van der Waals surface area contributed by atoms with Crippen LogP contribution in [0.3, 0.4) is 0 Å². The second-order valence-corrected chi connectivity index (χ2v) is 2.00. The molecular formula is C5H5F3N2O2. The Bertz CT molecular complexity index is 213. The predicted molar refractivity (Wildman–Crippen MR) is 31.1 cm³/mol. The molecule has 68 valence electrons. The van der Waals surface area contributed by atoms with Crippen LogP contribution < -0.4 is 5.32 Å². The van der Waals surface area contributed by atoms with Gasteiger partial charge < -0.3 is 5.32 Å². The van der Waals surface area contributed by atoms with E-state index >= 15 is 0 Å². The molecule has 0 radical (unpaired) electrons. The summed E-state index contributed by atoms with van der Waals surface area (Å²) < 4.78 is 34.6. The molecule has 0 aromatic rings. The van der Waals surface area contributed by atoms with Crippen molar-refractivity contribution < 1.29 is 22.8 Å². The Morgan fingerprint density at radius 2 is 2.25 bits per heavy atom. The molecule has 0 aromatic carbocycles. The lowest BCUT2D eigenvalue weighted by atomic mass is 10.5. The first-order chi connectivity index (χ1) is 5.47. The second kappa shape index (κ2) is 3.02. The van der Waals surface area contributed by atoms with Crippen LogP contribution in [0.25, 0.3) is 0 Å². The fourth-order valence-electron chi connectivity index (χ4n) is 0.649. The van der Waals surface area contributed by atoms with Crippen molar-refractivity contribution in [1.82, 2.24) is 10.4 Å². The van der Waals surface area contributed by atoms with Gasteiger partial charge in [-0.2, -0.15) is 4.84 Å². The second-order valence-electron chi connectivity index (χ2n) is 2.00. The number of halogens is 3. The lowest BCUT2D eigenvalue weighted by molar-refractivity contribution is -0.400. The molecule has 1 aliphatic heterocycles. The van der Waals surface area contributed by atoms with Gasteiger partial charge in [0.2, 0.25) is 5.91 Å². The standard InChI is InChI=1S/C5H5F3N2O2/c6-5(7,8)12-10-2-1-9-4(11)3-10/h1-2H,3H2,(H,9,11). The highest BCUT2D eigenvalue weighted by Gasteiger charge is 2.33. The molecule has 1 amide bonds. The fraction of sp³-hybridized carbons (Fsp3) is 0.400. The molecular weight excluding hydrogens is 177 g/mol. The Kier molecular flexibility index (Phi) is 2.22. The first-order valence-corrected chi connectivity index (χ1v) is 2.96. The normalized spacial score (nSPS) is 17.9. The van der Waals surface area contributed by atoms with Crippen LogP contribution in [0.1, 0.15) is 0 Å². The molecule has 0 fully saturated rings. The third-order valence-corrected chi connectivity index (χ3v) is 1.01. The third kappa shape index (κ3) is 2.79. The smallest absolute Gasteiger partial charge is 0.329 e. The quantitative estimate of drug-likeness (QED) is 0.635. The summed E-state index contributed by atoms with van der Waals surface area (Å²) in [5.74, 6) is -0.554. The number of amides is 1. The van der Waals surface area contributed by atoms with Gasteiger partial charge in [0.15, 0.2) is 0 Å². The molecule has 0 aromatic heterocycles. The van der Waals surface area contributed by atoms with Gasteiger partial charge in [-0.1, -0.05) is 0 Å². The van der Waals surface area contributed by atoms with Gasteiger partial charge in [0.1, 0.15) is 6.54 Å². The Balaban J connectivity index is 2.48. The minimum Gasteiger partial charge on any atom is -0.329 e. The third-order valence-electron chi connectivity index (χ3n) is 1.01. The van der Waals surface area contributed by atoms with Gasteiger partial charge in [-0.3, -0.25) is 4.79 Å². The van der Waals surface area contributed by atoms with E-state index in [4.69, 9.17) is 0 Å². The average molecular weight is 182 g/mol. The number of hydrogen-bond acceptors (Lipinski definition) is 3. The predicted octanol–water partition coefficient (Wildman–Crippen LogP) is 0.341. The number of carbonyl (C=O) groups excluding carboxylic acids is 1. The zero-order valence-electron chi connectivity index (χ0n) is 5.76. The SMILES string of the molecule is O=C1CN(OC(F)(F)F)C=CN1. The molecule has 12 heavy (non-hydrogen) atoms. The van der Waals surface area contributed by atoms with Gasteiger partial charge in [-0.25, -0.2) is 5.06 Å². The Labute approximate surface area is 65.5 Å². The molecule has 1 N–H and O–H groups in total. The summed E-state index contributed by atoms with van der Waals surface area (Å²) >= 11 is 0. The highest BCUT2D eigenvalue weighted by molar-refractivity contribution is 5.79. The zero-order chi connectivity index (χ0) is 9.19. The van der Waals surface area contributed by atoms with E-state index < -0.39 is 18.8 Å². The lowest BCUT2D eigenvalue weighted by Crippen LogP contribution is -2.39. The van der Waals surface area contributed by atoms with Gasteiger partial charge >= 0.3 is 6.36 Å². The van der Waals surface area contributed by atoms with Crippen LogP contribution in [0.5, 0.6) is 0 Å². The van der Waals surface area contributed by atoms with Gasteiger partial charge in [-0.15, -0.1) is 13.2 Å². The van der Waals surface area contributed by atoms with Crippen molar-refractivity contribution in [2.75, 3.05) is 6.54 Å². The van der Waals surface area contributed by atoms with Crippen LogP contribution in [-0.2, 0) is 9.63 Å². The van der Waals surface area contributed by atoms with Crippen LogP contribution in [0.15, 0.2) is 12.4 Å². The monoisotopic (exact) mass is 182 g/mol. The number of rotatable bonds is 1. The van der Waals surface area contributed by atoms with Gasteiger partial charge in [0, 0.05) is 12.4 Å². The van der Waals surface area contributed by atoms with Crippen LogP contribution in [0.4, 0.5) is 13.2 Å². The molecule has 4 nitrogen and oxygen atoms in total. The summed E-state index contributed by atoms with van der Waals surface area (Å²) in [5.41, 5.74) is 0. The first kappa shape index (κ1) is 8.85. The van der Waals surface area contributed by atoms with Crippen LogP contribution >= 0.6 is 0 Å². The minimum absolute atomic E-state index is 0.402. The number of carbonyl (C=O) groups is 1. The van der Waals surface area contributed by atoms with Gasteiger partial charge in [0.05, 0.1) is 0 Å². The van der Waals surface area contributed by atoms with Crippen LogP contribution in [0, 0.1) is 0 Å². The van der Waals surface area contributed by atoms with Crippen LogP contribution in [-0.4, -0.2) is 23.9 Å². The maximum atomic E-state index is 11.5. The summed E-state index contributed by atoms with van der Waals surface area (Å²) in [4.78, 5) is 13.9. The van der Waals surface area contributed by atoms with E-state index in [1.165, 1.54) is 0 Å². The van der Waals surface area contributed by atoms with Crippen molar-refractivity contribution in [1.29, 1.82) is 0 Å². The van der Waals surface area contributed by atoms with Crippen LogP contribution in [0.2, 0.25) is 0 Å². The Morgan fingerprint density at radius 1 is 1.58 bits per heavy atom. The molecule has 0 spiro atoms. The van der Waals surface area contributed by atoms with Crippen molar-refractivity contribution in [2.45, 2.75) is 6.36 Å². The first-order valence-electron chi connectivity index (χ1n) is 2.96.